The van der Waals surface area contributed by atoms with Gasteiger partial charge in [0.25, 0.3) is 0 Å². The monoisotopic (exact) mass is 626 g/mol. The highest BCUT2D eigenvalue weighted by atomic mass is 15.1. The van der Waals surface area contributed by atoms with E-state index in [4.69, 9.17) is 9.97 Å². The lowest BCUT2D eigenvalue weighted by molar-refractivity contribution is 1.07. The van der Waals surface area contributed by atoms with Crippen molar-refractivity contribution >= 4 is 76.5 Å². The van der Waals surface area contributed by atoms with Gasteiger partial charge in [0, 0.05) is 56.1 Å². The standard InChI is InChI=1S/C43H26N6/c1-2-10-27(11-3-1)47-37-19-18-28(24-31(37)32-25-44-23-22-38(32)47)48-35-16-8-4-12-29(35)42-39(48)20-21-40-43(42)30-13-5-9-17-36(30)49(40)41-26-45-33-14-6-7-15-34(33)46-41/h1-26H. The van der Waals surface area contributed by atoms with E-state index in [9.17, 15) is 0 Å². The Labute approximate surface area is 279 Å². The number of aromatic nitrogens is 6. The fourth-order valence-electron chi connectivity index (χ4n) is 7.95. The van der Waals surface area contributed by atoms with Crippen molar-refractivity contribution in [2.24, 2.45) is 0 Å². The zero-order chi connectivity index (χ0) is 32.1. The minimum Gasteiger partial charge on any atom is -0.309 e. The third-order valence-electron chi connectivity index (χ3n) is 9.96. The van der Waals surface area contributed by atoms with Gasteiger partial charge < -0.3 is 9.13 Å². The third-order valence-corrected chi connectivity index (χ3v) is 9.96. The summed E-state index contributed by atoms with van der Waals surface area (Å²) in [5.74, 6) is 0.807. The number of pyridine rings is 1. The molecule has 5 aromatic heterocycles. The average Bonchev–Trinajstić information content (AvgIpc) is 3.80. The van der Waals surface area contributed by atoms with E-state index < -0.39 is 0 Å². The first-order valence-corrected chi connectivity index (χ1v) is 16.4. The maximum Gasteiger partial charge on any atom is 0.156 e. The van der Waals surface area contributed by atoms with Crippen molar-refractivity contribution < 1.29 is 0 Å². The van der Waals surface area contributed by atoms with E-state index in [0.717, 1.165) is 66.7 Å². The molecule has 0 fully saturated rings. The highest BCUT2D eigenvalue weighted by Crippen LogP contribution is 2.43. The number of hydrogen-bond acceptors (Lipinski definition) is 3. The van der Waals surface area contributed by atoms with Gasteiger partial charge in [-0.05, 0) is 72.8 Å². The summed E-state index contributed by atoms with van der Waals surface area (Å²) >= 11 is 0. The van der Waals surface area contributed by atoms with Crippen LogP contribution in [-0.2, 0) is 0 Å². The van der Waals surface area contributed by atoms with E-state index >= 15 is 0 Å². The second-order valence-corrected chi connectivity index (χ2v) is 12.5. The van der Waals surface area contributed by atoms with Crippen molar-refractivity contribution in [3.05, 3.63) is 158 Å². The summed E-state index contributed by atoms with van der Waals surface area (Å²) in [4.78, 5) is 14.4. The van der Waals surface area contributed by atoms with Crippen LogP contribution in [0, 0.1) is 0 Å². The van der Waals surface area contributed by atoms with E-state index in [1.807, 2.05) is 42.9 Å². The lowest BCUT2D eigenvalue weighted by Gasteiger charge is -2.11. The normalized spacial score (nSPS) is 12.1. The van der Waals surface area contributed by atoms with Gasteiger partial charge in [-0.15, -0.1) is 0 Å². The van der Waals surface area contributed by atoms with Gasteiger partial charge in [0.15, 0.2) is 5.82 Å². The average molecular weight is 627 g/mol. The molecule has 0 aliphatic carbocycles. The maximum absolute atomic E-state index is 5.08. The molecule has 11 aromatic rings. The molecule has 6 heteroatoms. The summed E-state index contributed by atoms with van der Waals surface area (Å²) < 4.78 is 7.00. The zero-order valence-electron chi connectivity index (χ0n) is 26.2. The molecule has 228 valence electrons. The summed E-state index contributed by atoms with van der Waals surface area (Å²) in [5.41, 5.74) is 10.8. The molecule has 0 aliphatic rings. The SMILES string of the molecule is c1ccc(-n2c3ccncc3c3cc(-n4c5ccccc5c5c6c7ccccc7n(-c7cnc8ccccc8n7)c6ccc54)ccc32)cc1. The molecule has 0 amide bonds. The van der Waals surface area contributed by atoms with Crippen molar-refractivity contribution in [2.45, 2.75) is 0 Å². The molecule has 0 N–H and O–H groups in total. The number of para-hydroxylation sites is 5. The van der Waals surface area contributed by atoms with E-state index in [2.05, 4.69) is 134 Å². The van der Waals surface area contributed by atoms with Gasteiger partial charge in [-0.1, -0.05) is 66.7 Å². The molecule has 49 heavy (non-hydrogen) atoms. The topological polar surface area (TPSA) is 53.5 Å². The minimum atomic E-state index is 0.807. The Bertz CT molecular complexity index is 3110. The summed E-state index contributed by atoms with van der Waals surface area (Å²) in [6, 6.07) is 49.4. The molecule has 0 atom stereocenters. The first-order chi connectivity index (χ1) is 24.3. The summed E-state index contributed by atoms with van der Waals surface area (Å²) in [6.07, 6.45) is 5.75. The fourth-order valence-corrected chi connectivity index (χ4v) is 7.95. The molecule has 0 radical (unpaired) electrons. The second kappa shape index (κ2) is 9.86. The Balaban J connectivity index is 1.23. The number of hydrogen-bond donors (Lipinski definition) is 0. The third kappa shape index (κ3) is 3.62. The Morgan fingerprint density at radius 2 is 0.980 bits per heavy atom. The molecule has 0 bridgehead atoms. The maximum atomic E-state index is 5.08. The lowest BCUT2D eigenvalue weighted by atomic mass is 10.1. The fraction of sp³-hybridized carbons (Fsp3) is 0. The van der Waals surface area contributed by atoms with Crippen LogP contribution in [0.5, 0.6) is 0 Å². The first kappa shape index (κ1) is 26.3. The Hall–Kier alpha value is -6.79. The largest absolute Gasteiger partial charge is 0.309 e. The summed E-state index contributed by atoms with van der Waals surface area (Å²) in [6.45, 7) is 0. The molecule has 0 aliphatic heterocycles. The highest BCUT2D eigenvalue weighted by Gasteiger charge is 2.22. The molecule has 11 rings (SSSR count). The van der Waals surface area contributed by atoms with Gasteiger partial charge in [0.2, 0.25) is 0 Å². The van der Waals surface area contributed by atoms with Gasteiger partial charge in [-0.2, -0.15) is 0 Å². The molecular formula is C43H26N6. The van der Waals surface area contributed by atoms with Crippen LogP contribution in [0.15, 0.2) is 158 Å². The van der Waals surface area contributed by atoms with E-state index in [-0.39, 0.29) is 0 Å². The minimum absolute atomic E-state index is 0.807. The van der Waals surface area contributed by atoms with Gasteiger partial charge in [-0.3, -0.25) is 14.5 Å². The molecular weight excluding hydrogens is 601 g/mol. The first-order valence-electron chi connectivity index (χ1n) is 16.4. The summed E-state index contributed by atoms with van der Waals surface area (Å²) in [7, 11) is 0. The molecule has 5 heterocycles. The smallest absolute Gasteiger partial charge is 0.156 e. The van der Waals surface area contributed by atoms with Crippen molar-refractivity contribution in [1.29, 1.82) is 0 Å². The molecule has 6 aromatic carbocycles. The number of nitrogens with zero attached hydrogens (tertiary/aromatic N) is 6. The van der Waals surface area contributed by atoms with Gasteiger partial charge in [0.05, 0.1) is 50.3 Å². The van der Waals surface area contributed by atoms with Crippen LogP contribution in [0.2, 0.25) is 0 Å². The molecule has 0 saturated carbocycles. The van der Waals surface area contributed by atoms with Crippen LogP contribution in [0.25, 0.3) is 93.6 Å². The summed E-state index contributed by atoms with van der Waals surface area (Å²) in [5, 5.41) is 7.14. The van der Waals surface area contributed by atoms with Crippen LogP contribution in [0.4, 0.5) is 0 Å². The number of benzene rings is 6. The van der Waals surface area contributed by atoms with E-state index in [1.54, 1.807) is 0 Å². The molecule has 6 nitrogen and oxygen atoms in total. The van der Waals surface area contributed by atoms with E-state index in [0.29, 0.717) is 0 Å². The van der Waals surface area contributed by atoms with Crippen molar-refractivity contribution in [1.82, 2.24) is 28.7 Å². The van der Waals surface area contributed by atoms with Crippen LogP contribution in [-0.4, -0.2) is 28.7 Å². The van der Waals surface area contributed by atoms with Crippen LogP contribution in [0.1, 0.15) is 0 Å². The van der Waals surface area contributed by atoms with Crippen LogP contribution < -0.4 is 0 Å². The number of fused-ring (bicyclic) bond motifs is 11. The quantitative estimate of drug-likeness (QED) is 0.196. The Kier molecular flexibility index (Phi) is 5.29. The predicted octanol–water partition coefficient (Wildman–Crippen LogP) is 10.3. The highest BCUT2D eigenvalue weighted by molar-refractivity contribution is 6.29. The van der Waals surface area contributed by atoms with Gasteiger partial charge in [-0.25, -0.2) is 4.98 Å². The van der Waals surface area contributed by atoms with Gasteiger partial charge in [0.1, 0.15) is 0 Å². The van der Waals surface area contributed by atoms with Gasteiger partial charge >= 0.3 is 0 Å². The number of rotatable bonds is 3. The Morgan fingerprint density at radius 1 is 0.388 bits per heavy atom. The second-order valence-electron chi connectivity index (χ2n) is 12.5. The Morgan fingerprint density at radius 3 is 1.78 bits per heavy atom. The zero-order valence-corrected chi connectivity index (χ0v) is 26.2. The molecule has 0 saturated heterocycles. The van der Waals surface area contributed by atoms with Crippen molar-refractivity contribution in [2.75, 3.05) is 0 Å². The van der Waals surface area contributed by atoms with Crippen molar-refractivity contribution in [3.8, 4) is 17.2 Å². The lowest BCUT2D eigenvalue weighted by Crippen LogP contribution is -1.99. The predicted molar refractivity (Wildman–Crippen MR) is 200 cm³/mol. The molecule has 0 spiro atoms. The van der Waals surface area contributed by atoms with Crippen LogP contribution >= 0.6 is 0 Å². The molecule has 0 unspecified atom stereocenters. The van der Waals surface area contributed by atoms with Crippen molar-refractivity contribution in [3.63, 3.8) is 0 Å². The van der Waals surface area contributed by atoms with E-state index in [1.165, 1.54) is 26.9 Å². The van der Waals surface area contributed by atoms with Crippen LogP contribution in [0.3, 0.4) is 0 Å².